The number of Topliss-reactive ketones (excluding diaryl/α,β-unsaturated/α-hetero) is 2. The van der Waals surface area contributed by atoms with Gasteiger partial charge in [0.1, 0.15) is 11.5 Å². The third-order valence-electron chi connectivity index (χ3n) is 4.28. The first-order valence-electron chi connectivity index (χ1n) is 8.26. The lowest BCUT2D eigenvalue weighted by Gasteiger charge is -2.33. The Balaban J connectivity index is 2.17. The maximum Gasteiger partial charge on any atom is 0.199 e. The molecule has 1 aromatic carbocycles. The highest BCUT2D eigenvalue weighted by atomic mass is 16.7. The number of carbonyl (C=O) groups excluding carboxylic acids is 2. The van der Waals surface area contributed by atoms with Crippen molar-refractivity contribution in [2.75, 3.05) is 14.2 Å². The van der Waals surface area contributed by atoms with Crippen molar-refractivity contribution in [3.8, 4) is 11.5 Å². The lowest BCUT2D eigenvalue weighted by Crippen LogP contribution is -2.38. The van der Waals surface area contributed by atoms with Crippen LogP contribution in [0, 0.1) is 0 Å². The van der Waals surface area contributed by atoms with E-state index in [9.17, 15) is 9.59 Å². The summed E-state index contributed by atoms with van der Waals surface area (Å²) in [6, 6.07) is 3.24. The Hall–Kier alpha value is -2.18. The van der Waals surface area contributed by atoms with Crippen LogP contribution in [0.5, 0.6) is 11.5 Å². The number of fused-ring (bicyclic) bond motifs is 1. The number of ether oxygens (including phenoxy) is 4. The van der Waals surface area contributed by atoms with Crippen LogP contribution in [0.3, 0.4) is 0 Å². The molecule has 6 nitrogen and oxygen atoms in total. The average Bonchev–Trinajstić information content (AvgIpc) is 2.57. The van der Waals surface area contributed by atoms with Gasteiger partial charge in [0.15, 0.2) is 17.9 Å². The first-order chi connectivity index (χ1) is 11.9. The van der Waals surface area contributed by atoms with E-state index in [-0.39, 0.29) is 34.9 Å². The second kappa shape index (κ2) is 6.61. The molecule has 0 amide bonds. The molecular weight excluding hydrogens is 324 g/mol. The molecule has 6 heteroatoms. The van der Waals surface area contributed by atoms with Gasteiger partial charge in [-0.1, -0.05) is 0 Å². The molecule has 1 aliphatic carbocycles. The van der Waals surface area contributed by atoms with Gasteiger partial charge in [-0.2, -0.15) is 0 Å². The Bertz CT molecular complexity index is 761. The van der Waals surface area contributed by atoms with Gasteiger partial charge in [-0.3, -0.25) is 9.59 Å². The molecule has 2 atom stereocenters. The van der Waals surface area contributed by atoms with E-state index in [1.807, 2.05) is 20.8 Å². The van der Waals surface area contributed by atoms with Crippen LogP contribution in [0.15, 0.2) is 23.3 Å². The zero-order valence-corrected chi connectivity index (χ0v) is 15.0. The van der Waals surface area contributed by atoms with E-state index in [0.29, 0.717) is 29.1 Å². The second-order valence-corrected chi connectivity index (χ2v) is 6.48. The van der Waals surface area contributed by atoms with E-state index >= 15 is 0 Å². The molecular formula is C19H22O6. The van der Waals surface area contributed by atoms with E-state index in [4.69, 9.17) is 18.9 Å². The topological polar surface area (TPSA) is 71.1 Å². The largest absolute Gasteiger partial charge is 0.496 e. The van der Waals surface area contributed by atoms with Crippen LogP contribution < -0.4 is 9.47 Å². The molecule has 0 spiro atoms. The van der Waals surface area contributed by atoms with Crippen LogP contribution in [0.4, 0.5) is 0 Å². The van der Waals surface area contributed by atoms with Crippen molar-refractivity contribution < 1.29 is 28.5 Å². The van der Waals surface area contributed by atoms with E-state index in [2.05, 4.69) is 0 Å². The van der Waals surface area contributed by atoms with Gasteiger partial charge in [-0.25, -0.2) is 0 Å². The molecule has 0 bridgehead atoms. The maximum absolute atomic E-state index is 13.1. The molecule has 1 aromatic rings. The van der Waals surface area contributed by atoms with Crippen LogP contribution >= 0.6 is 0 Å². The fourth-order valence-electron chi connectivity index (χ4n) is 3.30. The van der Waals surface area contributed by atoms with E-state index in [0.717, 1.165) is 0 Å². The molecule has 0 aromatic heterocycles. The molecule has 0 fully saturated rings. The van der Waals surface area contributed by atoms with Crippen molar-refractivity contribution in [1.29, 1.82) is 0 Å². The molecule has 2 aliphatic rings. The molecule has 25 heavy (non-hydrogen) atoms. The highest BCUT2D eigenvalue weighted by Gasteiger charge is 2.42. The van der Waals surface area contributed by atoms with Crippen molar-refractivity contribution in [1.82, 2.24) is 0 Å². The molecule has 0 saturated heterocycles. The van der Waals surface area contributed by atoms with Gasteiger partial charge in [0.05, 0.1) is 30.5 Å². The second-order valence-electron chi connectivity index (χ2n) is 6.48. The minimum atomic E-state index is -0.848. The predicted molar refractivity (Wildman–Crippen MR) is 90.4 cm³/mol. The Labute approximate surface area is 146 Å². The Morgan fingerprint density at radius 3 is 2.48 bits per heavy atom. The van der Waals surface area contributed by atoms with E-state index in [1.165, 1.54) is 14.2 Å². The fourth-order valence-corrected chi connectivity index (χ4v) is 3.30. The number of hydrogen-bond acceptors (Lipinski definition) is 6. The summed E-state index contributed by atoms with van der Waals surface area (Å²) in [5.41, 5.74) is 1.27. The minimum Gasteiger partial charge on any atom is -0.496 e. The van der Waals surface area contributed by atoms with Gasteiger partial charge in [0, 0.05) is 30.7 Å². The zero-order valence-electron chi connectivity index (χ0n) is 15.0. The molecule has 0 unspecified atom stereocenters. The van der Waals surface area contributed by atoms with Crippen LogP contribution in [-0.4, -0.2) is 44.3 Å². The van der Waals surface area contributed by atoms with Crippen molar-refractivity contribution in [2.24, 2.45) is 0 Å². The maximum atomic E-state index is 13.1. The molecule has 0 N–H and O–H groups in total. The lowest BCUT2D eigenvalue weighted by atomic mass is 9.80. The molecule has 0 saturated carbocycles. The normalized spacial score (nSPS) is 22.8. The monoisotopic (exact) mass is 346 g/mol. The lowest BCUT2D eigenvalue weighted by molar-refractivity contribution is -0.133. The Kier molecular flexibility index (Phi) is 4.67. The third kappa shape index (κ3) is 2.96. The summed E-state index contributed by atoms with van der Waals surface area (Å²) in [6.07, 6.45) is -0.747. The molecule has 1 aliphatic heterocycles. The van der Waals surface area contributed by atoms with E-state index in [1.54, 1.807) is 12.1 Å². The summed E-state index contributed by atoms with van der Waals surface area (Å²) in [5, 5.41) is 0. The van der Waals surface area contributed by atoms with Crippen molar-refractivity contribution in [3.63, 3.8) is 0 Å². The summed E-state index contributed by atoms with van der Waals surface area (Å²) in [4.78, 5) is 26.2. The summed E-state index contributed by atoms with van der Waals surface area (Å²) >= 11 is 0. The standard InChI is InChI=1S/C19H22O6/c1-9(2)24-11-7-13-15(14(8-11)22-4)18(21)16-12(17(13)20)6-10(3)25-19(16)23-5/h7-10,19H,6H2,1-5H3/t10-,19+/m0/s1. The van der Waals surface area contributed by atoms with Gasteiger partial charge >= 0.3 is 0 Å². The van der Waals surface area contributed by atoms with Gasteiger partial charge in [0.25, 0.3) is 0 Å². The summed E-state index contributed by atoms with van der Waals surface area (Å²) in [7, 11) is 2.92. The Morgan fingerprint density at radius 2 is 1.88 bits per heavy atom. The highest BCUT2D eigenvalue weighted by Crippen LogP contribution is 2.41. The van der Waals surface area contributed by atoms with Crippen LogP contribution in [0.2, 0.25) is 0 Å². The van der Waals surface area contributed by atoms with Crippen LogP contribution in [-0.2, 0) is 9.47 Å². The van der Waals surface area contributed by atoms with Gasteiger partial charge < -0.3 is 18.9 Å². The fraction of sp³-hybridized carbons (Fsp3) is 0.474. The van der Waals surface area contributed by atoms with Gasteiger partial charge in [0.2, 0.25) is 0 Å². The molecule has 1 heterocycles. The Morgan fingerprint density at radius 1 is 1.16 bits per heavy atom. The third-order valence-corrected chi connectivity index (χ3v) is 4.28. The van der Waals surface area contributed by atoms with Crippen LogP contribution in [0.25, 0.3) is 0 Å². The SMILES string of the molecule is COc1cc(OC(C)C)cc2c1C(=O)C1=C(C[C@H](C)O[C@H]1OC)C2=O. The number of ketones is 2. The number of hydrogen-bond donors (Lipinski definition) is 0. The van der Waals surface area contributed by atoms with Crippen molar-refractivity contribution in [2.45, 2.75) is 45.7 Å². The van der Waals surface area contributed by atoms with Crippen LogP contribution in [0.1, 0.15) is 47.9 Å². The van der Waals surface area contributed by atoms with E-state index < -0.39 is 6.29 Å². The molecule has 134 valence electrons. The first kappa shape index (κ1) is 17.6. The summed E-state index contributed by atoms with van der Waals surface area (Å²) in [5.74, 6) is 0.316. The molecule has 3 rings (SSSR count). The quantitative estimate of drug-likeness (QED) is 0.835. The average molecular weight is 346 g/mol. The zero-order chi connectivity index (χ0) is 18.3. The first-order valence-corrected chi connectivity index (χ1v) is 8.26. The van der Waals surface area contributed by atoms with Gasteiger partial charge in [-0.05, 0) is 26.8 Å². The smallest absolute Gasteiger partial charge is 0.199 e. The number of carbonyl (C=O) groups is 2. The summed E-state index contributed by atoms with van der Waals surface area (Å²) in [6.45, 7) is 5.63. The highest BCUT2D eigenvalue weighted by molar-refractivity contribution is 6.28. The molecule has 0 radical (unpaired) electrons. The summed E-state index contributed by atoms with van der Waals surface area (Å²) < 4.78 is 22.0. The van der Waals surface area contributed by atoms with Crippen molar-refractivity contribution >= 4 is 11.6 Å². The predicted octanol–water partition coefficient (Wildman–Crippen LogP) is 2.94. The van der Waals surface area contributed by atoms with Crippen molar-refractivity contribution in [3.05, 3.63) is 34.4 Å². The number of benzene rings is 1. The number of methoxy groups -OCH3 is 2. The number of rotatable bonds is 4. The van der Waals surface area contributed by atoms with Gasteiger partial charge in [-0.15, -0.1) is 0 Å². The minimum absolute atomic E-state index is 0.0621.